The van der Waals surface area contributed by atoms with Crippen molar-refractivity contribution < 1.29 is 19.0 Å². The lowest BCUT2D eigenvalue weighted by Gasteiger charge is -2.23. The fourth-order valence-corrected chi connectivity index (χ4v) is 3.50. The standard InChI is InChI=1S/C20H27IO4/c1-13(10-21)9-18-15(3)19(25-20(18)22)14(2)11-24-12-16-5-7-17(23-4)8-6-16/h5-8,10,14-15,18-19H,9,11-12H2,1-4H3/b13-10+/t14-,15+,18+,19-/m1/s1. The number of hydrogen-bond acceptors (Lipinski definition) is 4. The topological polar surface area (TPSA) is 44.8 Å². The maximum absolute atomic E-state index is 12.2. The van der Waals surface area contributed by atoms with Crippen LogP contribution >= 0.6 is 22.6 Å². The molecule has 25 heavy (non-hydrogen) atoms. The third-order valence-corrected chi connectivity index (χ3v) is 5.87. The van der Waals surface area contributed by atoms with Gasteiger partial charge < -0.3 is 14.2 Å². The highest BCUT2D eigenvalue weighted by Gasteiger charge is 2.43. The summed E-state index contributed by atoms with van der Waals surface area (Å²) in [6.07, 6.45) is 0.703. The van der Waals surface area contributed by atoms with E-state index in [1.54, 1.807) is 7.11 Å². The summed E-state index contributed by atoms with van der Waals surface area (Å²) < 4.78 is 18.7. The number of cyclic esters (lactones) is 1. The van der Waals surface area contributed by atoms with Crippen molar-refractivity contribution in [2.75, 3.05) is 13.7 Å². The molecule has 138 valence electrons. The van der Waals surface area contributed by atoms with Crippen LogP contribution < -0.4 is 4.74 Å². The highest BCUT2D eigenvalue weighted by atomic mass is 127. The summed E-state index contributed by atoms with van der Waals surface area (Å²) >= 11 is 2.22. The lowest BCUT2D eigenvalue weighted by atomic mass is 9.83. The Labute approximate surface area is 164 Å². The monoisotopic (exact) mass is 458 g/mol. The minimum atomic E-state index is -0.0737. The van der Waals surface area contributed by atoms with Crippen LogP contribution in [0.2, 0.25) is 0 Å². The average Bonchev–Trinajstić information content (AvgIpc) is 2.90. The molecule has 1 fully saturated rings. The number of ether oxygens (including phenoxy) is 3. The fourth-order valence-electron chi connectivity index (χ4n) is 3.25. The second-order valence-electron chi connectivity index (χ2n) is 6.87. The summed E-state index contributed by atoms with van der Waals surface area (Å²) in [5.74, 6) is 1.10. The Kier molecular flexibility index (Phi) is 7.75. The maximum atomic E-state index is 12.2. The molecule has 2 rings (SSSR count). The molecule has 0 unspecified atom stereocenters. The van der Waals surface area contributed by atoms with Crippen LogP contribution in [0.3, 0.4) is 0 Å². The van der Waals surface area contributed by atoms with Gasteiger partial charge in [-0.05, 0) is 35.1 Å². The van der Waals surface area contributed by atoms with Gasteiger partial charge in [0.1, 0.15) is 11.9 Å². The molecular weight excluding hydrogens is 431 g/mol. The molecule has 1 aliphatic heterocycles. The lowest BCUT2D eigenvalue weighted by molar-refractivity contribution is -0.146. The molecule has 0 spiro atoms. The van der Waals surface area contributed by atoms with E-state index in [1.807, 2.05) is 28.3 Å². The number of carbonyl (C=O) groups is 1. The van der Waals surface area contributed by atoms with E-state index in [0.717, 1.165) is 17.7 Å². The highest BCUT2D eigenvalue weighted by molar-refractivity contribution is 14.1. The number of allylic oxidation sites excluding steroid dienone is 1. The van der Waals surface area contributed by atoms with Gasteiger partial charge in [-0.3, -0.25) is 4.79 Å². The SMILES string of the molecule is COc1ccc(COC[C@@H](C)[C@H]2OC(=O)[C@@H](C/C(C)=C/I)[C@@H]2C)cc1. The number of benzene rings is 1. The van der Waals surface area contributed by atoms with Crippen LogP contribution in [0.15, 0.2) is 33.9 Å². The van der Waals surface area contributed by atoms with E-state index in [2.05, 4.69) is 43.4 Å². The van der Waals surface area contributed by atoms with Crippen molar-refractivity contribution in [3.05, 3.63) is 39.5 Å². The molecule has 5 heteroatoms. The zero-order valence-corrected chi connectivity index (χ0v) is 17.5. The first-order valence-electron chi connectivity index (χ1n) is 8.63. The van der Waals surface area contributed by atoms with E-state index < -0.39 is 0 Å². The third kappa shape index (κ3) is 5.45. The summed E-state index contributed by atoms with van der Waals surface area (Å²) in [5, 5.41) is 0. The first kappa shape index (κ1) is 20.2. The van der Waals surface area contributed by atoms with Crippen molar-refractivity contribution in [3.8, 4) is 5.75 Å². The highest BCUT2D eigenvalue weighted by Crippen LogP contribution is 2.36. The number of rotatable bonds is 8. The largest absolute Gasteiger partial charge is 0.497 e. The van der Waals surface area contributed by atoms with Crippen LogP contribution in [0, 0.1) is 17.8 Å². The quantitative estimate of drug-likeness (QED) is 0.417. The van der Waals surface area contributed by atoms with E-state index in [0.29, 0.717) is 13.2 Å². The van der Waals surface area contributed by atoms with Crippen molar-refractivity contribution in [1.82, 2.24) is 0 Å². The van der Waals surface area contributed by atoms with Crippen molar-refractivity contribution in [3.63, 3.8) is 0 Å². The Balaban J connectivity index is 1.83. The Morgan fingerprint density at radius 2 is 2.04 bits per heavy atom. The predicted molar refractivity (Wildman–Crippen MR) is 107 cm³/mol. The molecule has 1 aliphatic rings. The van der Waals surface area contributed by atoms with Gasteiger partial charge in [-0.25, -0.2) is 0 Å². The van der Waals surface area contributed by atoms with Gasteiger partial charge in [0.05, 0.1) is 26.2 Å². The van der Waals surface area contributed by atoms with Crippen LogP contribution in [-0.2, 0) is 20.9 Å². The van der Waals surface area contributed by atoms with Crippen LogP contribution in [-0.4, -0.2) is 25.8 Å². The van der Waals surface area contributed by atoms with Gasteiger partial charge in [0.25, 0.3) is 0 Å². The van der Waals surface area contributed by atoms with Crippen LogP contribution in [0.1, 0.15) is 32.8 Å². The normalized spacial score (nSPS) is 24.9. The second-order valence-corrected chi connectivity index (χ2v) is 7.49. The van der Waals surface area contributed by atoms with Gasteiger partial charge in [0.2, 0.25) is 0 Å². The van der Waals surface area contributed by atoms with E-state index in [4.69, 9.17) is 14.2 Å². The summed E-state index contributed by atoms with van der Waals surface area (Å²) in [6, 6.07) is 7.85. The Bertz CT molecular complexity index is 596. The average molecular weight is 458 g/mol. The van der Waals surface area contributed by atoms with Gasteiger partial charge >= 0.3 is 5.97 Å². The number of methoxy groups -OCH3 is 1. The number of carbonyl (C=O) groups excluding carboxylic acids is 1. The predicted octanol–water partition coefficient (Wildman–Crippen LogP) is 4.75. The Morgan fingerprint density at radius 3 is 2.64 bits per heavy atom. The van der Waals surface area contributed by atoms with Gasteiger partial charge in [0, 0.05) is 11.8 Å². The first-order valence-corrected chi connectivity index (χ1v) is 9.87. The summed E-state index contributed by atoms with van der Waals surface area (Å²) in [6.45, 7) is 7.37. The molecule has 0 aliphatic carbocycles. The van der Waals surface area contributed by atoms with Crippen LogP contribution in [0.5, 0.6) is 5.75 Å². The first-order chi connectivity index (χ1) is 12.0. The molecule has 4 atom stereocenters. The Hall–Kier alpha value is -1.08. The van der Waals surface area contributed by atoms with Crippen molar-refractivity contribution >= 4 is 28.6 Å². The van der Waals surface area contributed by atoms with Crippen molar-refractivity contribution in [2.45, 2.75) is 39.9 Å². The van der Waals surface area contributed by atoms with E-state index in [1.165, 1.54) is 5.57 Å². The molecule has 1 aromatic carbocycles. The summed E-state index contributed by atoms with van der Waals surface area (Å²) in [4.78, 5) is 12.2. The molecule has 4 nitrogen and oxygen atoms in total. The van der Waals surface area contributed by atoms with E-state index in [-0.39, 0.29) is 29.8 Å². The van der Waals surface area contributed by atoms with Crippen LogP contribution in [0.4, 0.5) is 0 Å². The molecule has 0 radical (unpaired) electrons. The summed E-state index contributed by atoms with van der Waals surface area (Å²) in [5.41, 5.74) is 2.32. The lowest BCUT2D eigenvalue weighted by Crippen LogP contribution is -2.28. The van der Waals surface area contributed by atoms with Gasteiger partial charge in [-0.15, -0.1) is 0 Å². The molecule has 0 bridgehead atoms. The van der Waals surface area contributed by atoms with Gasteiger partial charge in [-0.1, -0.05) is 54.1 Å². The minimum absolute atomic E-state index is 0.0416. The molecule has 1 saturated heterocycles. The fraction of sp³-hybridized carbons (Fsp3) is 0.550. The smallest absolute Gasteiger partial charge is 0.309 e. The van der Waals surface area contributed by atoms with Gasteiger partial charge in [0.15, 0.2) is 0 Å². The number of halogens is 1. The van der Waals surface area contributed by atoms with Crippen LogP contribution in [0.25, 0.3) is 0 Å². The third-order valence-electron chi connectivity index (χ3n) is 4.81. The minimum Gasteiger partial charge on any atom is -0.497 e. The number of esters is 1. The van der Waals surface area contributed by atoms with E-state index >= 15 is 0 Å². The van der Waals surface area contributed by atoms with E-state index in [9.17, 15) is 4.79 Å². The molecule has 0 saturated carbocycles. The second kappa shape index (κ2) is 9.57. The zero-order valence-electron chi connectivity index (χ0n) is 15.3. The Morgan fingerprint density at radius 1 is 1.36 bits per heavy atom. The molecule has 0 amide bonds. The molecular formula is C20H27IO4. The molecule has 0 aromatic heterocycles. The van der Waals surface area contributed by atoms with Crippen molar-refractivity contribution in [2.24, 2.45) is 17.8 Å². The van der Waals surface area contributed by atoms with Crippen molar-refractivity contribution in [1.29, 1.82) is 0 Å². The molecule has 1 aromatic rings. The maximum Gasteiger partial charge on any atom is 0.309 e. The van der Waals surface area contributed by atoms with Gasteiger partial charge in [-0.2, -0.15) is 0 Å². The number of hydrogen-bond donors (Lipinski definition) is 0. The summed E-state index contributed by atoms with van der Waals surface area (Å²) in [7, 11) is 1.65. The zero-order chi connectivity index (χ0) is 18.4. The molecule has 0 N–H and O–H groups in total. The molecule has 1 heterocycles.